The van der Waals surface area contributed by atoms with Crippen LogP contribution < -0.4 is 10.2 Å². The molecule has 0 atom stereocenters. The third-order valence-electron chi connectivity index (χ3n) is 2.89. The maximum absolute atomic E-state index is 4.46. The lowest BCUT2D eigenvalue weighted by Crippen LogP contribution is -2.22. The molecule has 0 unspecified atom stereocenters. The Balaban J connectivity index is 2.05. The fraction of sp³-hybridized carbons (Fsp3) is 0.286. The second-order valence-corrected chi connectivity index (χ2v) is 5.13. The van der Waals surface area contributed by atoms with Crippen molar-refractivity contribution in [2.45, 2.75) is 6.42 Å². The molecule has 0 bridgehead atoms. The molecule has 0 radical (unpaired) electrons. The minimum atomic E-state index is 0.629. The van der Waals surface area contributed by atoms with E-state index in [0.29, 0.717) is 5.95 Å². The minimum Gasteiger partial charge on any atom is -0.358 e. The topological polar surface area (TPSA) is 41.1 Å². The summed E-state index contributed by atoms with van der Waals surface area (Å²) >= 11 is 3.49. The van der Waals surface area contributed by atoms with Gasteiger partial charge < -0.3 is 10.2 Å². The van der Waals surface area contributed by atoms with Crippen LogP contribution in [0.15, 0.2) is 41.0 Å². The van der Waals surface area contributed by atoms with Gasteiger partial charge in [-0.1, -0.05) is 30.3 Å². The van der Waals surface area contributed by atoms with Crippen LogP contribution in [-0.4, -0.2) is 30.6 Å². The van der Waals surface area contributed by atoms with Gasteiger partial charge in [-0.25, -0.2) is 4.98 Å². The predicted molar refractivity (Wildman–Crippen MR) is 82.7 cm³/mol. The molecule has 4 nitrogen and oxygen atoms in total. The number of rotatable bonds is 5. The van der Waals surface area contributed by atoms with Gasteiger partial charge in [-0.15, -0.1) is 0 Å². The molecule has 0 fully saturated rings. The number of likely N-dealkylation sites (N-methyl/N-ethyl adjacent to an activating group) is 1. The Morgan fingerprint density at radius 1 is 1.26 bits per heavy atom. The first-order valence-electron chi connectivity index (χ1n) is 6.16. The monoisotopic (exact) mass is 320 g/mol. The summed E-state index contributed by atoms with van der Waals surface area (Å²) in [5.41, 5.74) is 1.33. The molecule has 0 aliphatic rings. The van der Waals surface area contributed by atoms with Crippen molar-refractivity contribution in [3.05, 3.63) is 46.6 Å². The van der Waals surface area contributed by atoms with Gasteiger partial charge in [-0.05, 0) is 27.9 Å². The molecule has 0 aliphatic carbocycles. The van der Waals surface area contributed by atoms with E-state index in [4.69, 9.17) is 0 Å². The number of hydrogen-bond donors (Lipinski definition) is 1. The fourth-order valence-electron chi connectivity index (χ4n) is 1.79. The molecule has 19 heavy (non-hydrogen) atoms. The lowest BCUT2D eigenvalue weighted by Gasteiger charge is -2.19. The summed E-state index contributed by atoms with van der Waals surface area (Å²) in [6.45, 7) is 0.906. The number of hydrogen-bond acceptors (Lipinski definition) is 4. The van der Waals surface area contributed by atoms with E-state index >= 15 is 0 Å². The average Bonchev–Trinajstić information content (AvgIpc) is 2.46. The maximum atomic E-state index is 4.46. The van der Waals surface area contributed by atoms with E-state index in [0.717, 1.165) is 23.3 Å². The molecule has 0 spiro atoms. The summed E-state index contributed by atoms with van der Waals surface area (Å²) in [7, 11) is 3.85. The molecule has 2 aromatic rings. The van der Waals surface area contributed by atoms with E-state index in [2.05, 4.69) is 60.4 Å². The van der Waals surface area contributed by atoms with Gasteiger partial charge in [0, 0.05) is 26.8 Å². The van der Waals surface area contributed by atoms with Crippen LogP contribution in [0.1, 0.15) is 5.56 Å². The highest BCUT2D eigenvalue weighted by Crippen LogP contribution is 2.23. The predicted octanol–water partition coefficient (Wildman–Crippen LogP) is 2.96. The molecule has 0 amide bonds. The maximum Gasteiger partial charge on any atom is 0.224 e. The van der Waals surface area contributed by atoms with Crippen LogP contribution in [0.2, 0.25) is 0 Å². The third-order valence-corrected chi connectivity index (χ3v) is 3.45. The molecule has 1 heterocycles. The second-order valence-electron chi connectivity index (χ2n) is 4.27. The van der Waals surface area contributed by atoms with Gasteiger partial charge in [0.1, 0.15) is 5.82 Å². The van der Waals surface area contributed by atoms with Gasteiger partial charge in [0.15, 0.2) is 0 Å². The highest BCUT2D eigenvalue weighted by Gasteiger charge is 2.09. The summed E-state index contributed by atoms with van der Waals surface area (Å²) in [5, 5.41) is 2.95. The first-order chi connectivity index (χ1) is 9.20. The van der Waals surface area contributed by atoms with Crippen molar-refractivity contribution >= 4 is 27.7 Å². The molecule has 1 aromatic heterocycles. The number of aromatic nitrogens is 2. The Labute approximate surface area is 122 Å². The van der Waals surface area contributed by atoms with Crippen molar-refractivity contribution in [3.63, 3.8) is 0 Å². The van der Waals surface area contributed by atoms with Crippen LogP contribution in [0.3, 0.4) is 0 Å². The minimum absolute atomic E-state index is 0.629. The summed E-state index contributed by atoms with van der Waals surface area (Å²) in [6.07, 6.45) is 2.76. The summed E-state index contributed by atoms with van der Waals surface area (Å²) in [6, 6.07) is 10.4. The molecule has 1 N–H and O–H groups in total. The Bertz CT molecular complexity index is 530. The lowest BCUT2D eigenvalue weighted by molar-refractivity contribution is 0.853. The lowest BCUT2D eigenvalue weighted by atomic mass is 10.1. The van der Waals surface area contributed by atoms with E-state index in [-0.39, 0.29) is 0 Å². The van der Waals surface area contributed by atoms with Gasteiger partial charge in [0.05, 0.1) is 4.47 Å². The fourth-order valence-corrected chi connectivity index (χ4v) is 2.29. The Morgan fingerprint density at radius 2 is 2.00 bits per heavy atom. The summed E-state index contributed by atoms with van der Waals surface area (Å²) in [4.78, 5) is 10.7. The SMILES string of the molecule is CNc1ncc(Br)c(N(C)CCc2ccccc2)n1. The van der Waals surface area contributed by atoms with Gasteiger partial charge in [-0.3, -0.25) is 0 Å². The molecule has 2 rings (SSSR count). The van der Waals surface area contributed by atoms with E-state index in [1.165, 1.54) is 5.56 Å². The zero-order valence-electron chi connectivity index (χ0n) is 11.1. The quantitative estimate of drug-likeness (QED) is 0.919. The molecule has 0 saturated carbocycles. The molecule has 0 saturated heterocycles. The molecule has 5 heteroatoms. The van der Waals surface area contributed by atoms with Gasteiger partial charge in [-0.2, -0.15) is 4.98 Å². The molecule has 0 aliphatic heterocycles. The number of halogens is 1. The Morgan fingerprint density at radius 3 is 2.68 bits per heavy atom. The summed E-state index contributed by atoms with van der Waals surface area (Å²) in [5.74, 6) is 1.53. The highest BCUT2D eigenvalue weighted by molar-refractivity contribution is 9.10. The van der Waals surface area contributed by atoms with Crippen molar-refractivity contribution < 1.29 is 0 Å². The van der Waals surface area contributed by atoms with Crippen LogP contribution in [0.4, 0.5) is 11.8 Å². The van der Waals surface area contributed by atoms with Crippen LogP contribution in [0, 0.1) is 0 Å². The molecular formula is C14H17BrN4. The number of nitrogens with one attached hydrogen (secondary N) is 1. The number of benzene rings is 1. The summed E-state index contributed by atoms with van der Waals surface area (Å²) < 4.78 is 0.905. The Hall–Kier alpha value is -1.62. The third kappa shape index (κ3) is 3.67. The normalized spacial score (nSPS) is 10.3. The zero-order valence-corrected chi connectivity index (χ0v) is 12.7. The van der Waals surface area contributed by atoms with Gasteiger partial charge in [0.25, 0.3) is 0 Å². The molecule has 1 aromatic carbocycles. The van der Waals surface area contributed by atoms with E-state index < -0.39 is 0 Å². The first kappa shape index (κ1) is 13.8. The van der Waals surface area contributed by atoms with Crippen molar-refractivity contribution in [2.75, 3.05) is 30.9 Å². The van der Waals surface area contributed by atoms with E-state index in [1.807, 2.05) is 20.2 Å². The van der Waals surface area contributed by atoms with E-state index in [9.17, 15) is 0 Å². The van der Waals surface area contributed by atoms with Crippen LogP contribution in [0.5, 0.6) is 0 Å². The number of nitrogens with zero attached hydrogens (tertiary/aromatic N) is 3. The van der Waals surface area contributed by atoms with Crippen molar-refractivity contribution in [1.82, 2.24) is 9.97 Å². The van der Waals surface area contributed by atoms with Gasteiger partial charge >= 0.3 is 0 Å². The standard InChI is InChI=1S/C14H17BrN4/c1-16-14-17-10-12(15)13(18-14)19(2)9-8-11-6-4-3-5-7-11/h3-7,10H,8-9H2,1-2H3,(H,16,17,18). The smallest absolute Gasteiger partial charge is 0.224 e. The largest absolute Gasteiger partial charge is 0.358 e. The van der Waals surface area contributed by atoms with Crippen LogP contribution in [0.25, 0.3) is 0 Å². The second kappa shape index (κ2) is 6.52. The average molecular weight is 321 g/mol. The molecular weight excluding hydrogens is 304 g/mol. The highest BCUT2D eigenvalue weighted by atomic mass is 79.9. The van der Waals surface area contributed by atoms with Crippen molar-refractivity contribution in [1.29, 1.82) is 0 Å². The van der Waals surface area contributed by atoms with Crippen LogP contribution >= 0.6 is 15.9 Å². The zero-order chi connectivity index (χ0) is 13.7. The van der Waals surface area contributed by atoms with Gasteiger partial charge in [0.2, 0.25) is 5.95 Å². The first-order valence-corrected chi connectivity index (χ1v) is 6.95. The Kier molecular flexibility index (Phi) is 4.74. The van der Waals surface area contributed by atoms with E-state index in [1.54, 1.807) is 6.20 Å². The van der Waals surface area contributed by atoms with Crippen molar-refractivity contribution in [2.24, 2.45) is 0 Å². The van der Waals surface area contributed by atoms with Crippen LogP contribution in [-0.2, 0) is 6.42 Å². The van der Waals surface area contributed by atoms with Crippen molar-refractivity contribution in [3.8, 4) is 0 Å². The number of anilines is 2. The molecule has 100 valence electrons.